The molecular formula is C18H24N2O2. The van der Waals surface area contributed by atoms with E-state index < -0.39 is 0 Å². The third kappa shape index (κ3) is 6.16. The number of hydrogen-bond acceptors (Lipinski definition) is 4. The van der Waals surface area contributed by atoms with E-state index in [9.17, 15) is 10.2 Å². The van der Waals surface area contributed by atoms with Gasteiger partial charge in [0.05, 0.1) is 0 Å². The van der Waals surface area contributed by atoms with Gasteiger partial charge in [0.15, 0.2) is 0 Å². The zero-order chi connectivity index (χ0) is 15.6. The Labute approximate surface area is 131 Å². The van der Waals surface area contributed by atoms with Crippen LogP contribution in [0.15, 0.2) is 48.5 Å². The lowest BCUT2D eigenvalue weighted by molar-refractivity contribution is 0.474. The van der Waals surface area contributed by atoms with E-state index in [0.717, 1.165) is 39.0 Å². The van der Waals surface area contributed by atoms with Crippen molar-refractivity contribution in [2.75, 3.05) is 13.1 Å². The van der Waals surface area contributed by atoms with E-state index in [1.807, 2.05) is 24.3 Å². The second-order valence-corrected chi connectivity index (χ2v) is 5.39. The number of phenolic OH excluding ortho intramolecular Hbond substituents is 2. The maximum absolute atomic E-state index is 9.20. The Balaban J connectivity index is 1.47. The van der Waals surface area contributed by atoms with Gasteiger partial charge in [0, 0.05) is 13.1 Å². The lowest BCUT2D eigenvalue weighted by Gasteiger charge is -2.07. The fraction of sp³-hybridized carbons (Fsp3) is 0.333. The van der Waals surface area contributed by atoms with Gasteiger partial charge in [-0.2, -0.15) is 0 Å². The SMILES string of the molecule is Oc1ccc(CNCCCCNCc2ccc(O)cc2)cc1. The summed E-state index contributed by atoms with van der Waals surface area (Å²) in [5, 5.41) is 25.2. The fourth-order valence-corrected chi connectivity index (χ4v) is 2.19. The molecule has 4 nitrogen and oxygen atoms in total. The number of phenols is 2. The van der Waals surface area contributed by atoms with Gasteiger partial charge < -0.3 is 20.8 Å². The van der Waals surface area contributed by atoms with Crippen molar-refractivity contribution in [2.24, 2.45) is 0 Å². The van der Waals surface area contributed by atoms with Crippen molar-refractivity contribution in [3.05, 3.63) is 59.7 Å². The van der Waals surface area contributed by atoms with Crippen LogP contribution in [0.5, 0.6) is 11.5 Å². The molecule has 0 heterocycles. The number of rotatable bonds is 9. The normalized spacial score (nSPS) is 10.7. The largest absolute Gasteiger partial charge is 0.508 e. The first kappa shape index (κ1) is 16.3. The van der Waals surface area contributed by atoms with E-state index in [2.05, 4.69) is 10.6 Å². The van der Waals surface area contributed by atoms with E-state index in [1.54, 1.807) is 24.3 Å². The zero-order valence-corrected chi connectivity index (χ0v) is 12.8. The molecule has 0 aromatic heterocycles. The van der Waals surface area contributed by atoms with Crippen LogP contribution in [0.25, 0.3) is 0 Å². The van der Waals surface area contributed by atoms with E-state index in [1.165, 1.54) is 11.1 Å². The third-order valence-electron chi connectivity index (χ3n) is 3.49. The van der Waals surface area contributed by atoms with E-state index in [0.29, 0.717) is 11.5 Å². The summed E-state index contributed by atoms with van der Waals surface area (Å²) in [6.07, 6.45) is 2.25. The second-order valence-electron chi connectivity index (χ2n) is 5.39. The van der Waals surface area contributed by atoms with Crippen molar-refractivity contribution in [3.8, 4) is 11.5 Å². The molecule has 0 fully saturated rings. The predicted octanol–water partition coefficient (Wildman–Crippen LogP) is 2.76. The summed E-state index contributed by atoms with van der Waals surface area (Å²) in [5.41, 5.74) is 2.37. The van der Waals surface area contributed by atoms with Crippen LogP contribution in [0.3, 0.4) is 0 Å². The molecule has 0 radical (unpaired) electrons. The maximum atomic E-state index is 9.20. The smallest absolute Gasteiger partial charge is 0.115 e. The molecule has 0 spiro atoms. The Morgan fingerprint density at radius 2 is 0.955 bits per heavy atom. The molecule has 0 aliphatic rings. The first-order valence-corrected chi connectivity index (χ1v) is 7.71. The van der Waals surface area contributed by atoms with Crippen LogP contribution < -0.4 is 10.6 Å². The molecule has 118 valence electrons. The van der Waals surface area contributed by atoms with Crippen molar-refractivity contribution < 1.29 is 10.2 Å². The molecule has 22 heavy (non-hydrogen) atoms. The van der Waals surface area contributed by atoms with E-state index >= 15 is 0 Å². The van der Waals surface area contributed by atoms with Crippen LogP contribution >= 0.6 is 0 Å². The topological polar surface area (TPSA) is 64.5 Å². The van der Waals surface area contributed by atoms with E-state index in [4.69, 9.17) is 0 Å². The van der Waals surface area contributed by atoms with Crippen molar-refractivity contribution >= 4 is 0 Å². The van der Waals surface area contributed by atoms with Gasteiger partial charge in [-0.1, -0.05) is 24.3 Å². The van der Waals surface area contributed by atoms with Gasteiger partial charge >= 0.3 is 0 Å². The standard InChI is InChI=1S/C18H24N2O2/c21-17-7-3-15(4-8-17)13-19-11-1-2-12-20-14-16-5-9-18(22)10-6-16/h3-10,19-22H,1-2,11-14H2. The monoisotopic (exact) mass is 300 g/mol. The summed E-state index contributed by atoms with van der Waals surface area (Å²) < 4.78 is 0. The minimum atomic E-state index is 0.309. The van der Waals surface area contributed by atoms with Crippen LogP contribution in [0.4, 0.5) is 0 Å². The molecule has 0 amide bonds. The van der Waals surface area contributed by atoms with Crippen LogP contribution in [-0.4, -0.2) is 23.3 Å². The first-order valence-electron chi connectivity index (χ1n) is 7.71. The molecule has 0 unspecified atom stereocenters. The number of hydrogen-bond donors (Lipinski definition) is 4. The average molecular weight is 300 g/mol. The predicted molar refractivity (Wildman–Crippen MR) is 88.9 cm³/mol. The molecule has 4 heteroatoms. The van der Waals surface area contributed by atoms with Gasteiger partial charge in [-0.05, 0) is 61.3 Å². The van der Waals surface area contributed by atoms with Crippen molar-refractivity contribution in [1.82, 2.24) is 10.6 Å². The maximum Gasteiger partial charge on any atom is 0.115 e. The highest BCUT2D eigenvalue weighted by Gasteiger charge is 1.95. The minimum absolute atomic E-state index is 0.309. The van der Waals surface area contributed by atoms with Gasteiger partial charge in [0.25, 0.3) is 0 Å². The number of nitrogens with one attached hydrogen (secondary N) is 2. The molecule has 0 saturated carbocycles. The lowest BCUT2D eigenvalue weighted by Crippen LogP contribution is -2.18. The highest BCUT2D eigenvalue weighted by Crippen LogP contribution is 2.10. The van der Waals surface area contributed by atoms with Gasteiger partial charge in [0.1, 0.15) is 11.5 Å². The first-order chi connectivity index (χ1) is 10.7. The highest BCUT2D eigenvalue weighted by atomic mass is 16.3. The summed E-state index contributed by atoms with van der Waals surface area (Å²) in [7, 11) is 0. The van der Waals surface area contributed by atoms with Crippen LogP contribution in [0, 0.1) is 0 Å². The van der Waals surface area contributed by atoms with Gasteiger partial charge in [-0.15, -0.1) is 0 Å². The molecular weight excluding hydrogens is 276 g/mol. The average Bonchev–Trinajstić information content (AvgIpc) is 2.53. The summed E-state index contributed by atoms with van der Waals surface area (Å²) in [4.78, 5) is 0. The van der Waals surface area contributed by atoms with E-state index in [-0.39, 0.29) is 0 Å². The van der Waals surface area contributed by atoms with Crippen molar-refractivity contribution in [1.29, 1.82) is 0 Å². The summed E-state index contributed by atoms with van der Waals surface area (Å²) in [6, 6.07) is 14.6. The Morgan fingerprint density at radius 1 is 0.591 bits per heavy atom. The fourth-order valence-electron chi connectivity index (χ4n) is 2.19. The van der Waals surface area contributed by atoms with Gasteiger partial charge in [-0.25, -0.2) is 0 Å². The lowest BCUT2D eigenvalue weighted by atomic mass is 10.2. The van der Waals surface area contributed by atoms with Gasteiger partial charge in [-0.3, -0.25) is 0 Å². The molecule has 0 saturated heterocycles. The summed E-state index contributed by atoms with van der Waals surface area (Å²) in [5.74, 6) is 0.618. The van der Waals surface area contributed by atoms with Crippen LogP contribution in [0.2, 0.25) is 0 Å². The number of aromatic hydroxyl groups is 2. The van der Waals surface area contributed by atoms with Crippen LogP contribution in [0.1, 0.15) is 24.0 Å². The third-order valence-corrected chi connectivity index (χ3v) is 3.49. The van der Waals surface area contributed by atoms with Crippen molar-refractivity contribution in [3.63, 3.8) is 0 Å². The number of unbranched alkanes of at least 4 members (excludes halogenated alkanes) is 1. The molecule has 2 rings (SSSR count). The van der Waals surface area contributed by atoms with Crippen LogP contribution in [-0.2, 0) is 13.1 Å². The molecule has 0 atom stereocenters. The Hall–Kier alpha value is -2.04. The molecule has 0 aliphatic heterocycles. The quantitative estimate of drug-likeness (QED) is 0.538. The van der Waals surface area contributed by atoms with Gasteiger partial charge in [0.2, 0.25) is 0 Å². The Morgan fingerprint density at radius 3 is 1.32 bits per heavy atom. The molecule has 4 N–H and O–H groups in total. The molecule has 2 aromatic carbocycles. The zero-order valence-electron chi connectivity index (χ0n) is 12.8. The molecule has 2 aromatic rings. The number of benzene rings is 2. The minimum Gasteiger partial charge on any atom is -0.508 e. The Kier molecular flexibility index (Phi) is 6.74. The summed E-state index contributed by atoms with van der Waals surface area (Å²) in [6.45, 7) is 3.64. The Bertz CT molecular complexity index is 487. The highest BCUT2D eigenvalue weighted by molar-refractivity contribution is 5.26. The summed E-state index contributed by atoms with van der Waals surface area (Å²) >= 11 is 0. The molecule has 0 bridgehead atoms. The second kappa shape index (κ2) is 9.07. The van der Waals surface area contributed by atoms with Crippen molar-refractivity contribution in [2.45, 2.75) is 25.9 Å². The molecule has 0 aliphatic carbocycles.